The van der Waals surface area contributed by atoms with Crippen LogP contribution < -0.4 is 5.32 Å². The molecular weight excluding hydrogens is 306 g/mol. The van der Waals surface area contributed by atoms with Crippen LogP contribution in [0.3, 0.4) is 0 Å². The van der Waals surface area contributed by atoms with Gasteiger partial charge in [0.25, 0.3) is 0 Å². The molecule has 3 rings (SSSR count). The van der Waals surface area contributed by atoms with Crippen molar-refractivity contribution in [1.82, 2.24) is 0 Å². The zero-order valence-corrected chi connectivity index (χ0v) is 13.2. The Hall–Kier alpha value is -2.95. The van der Waals surface area contributed by atoms with Gasteiger partial charge in [0.15, 0.2) is 5.78 Å². The SMILES string of the molecule is COC(=O)c1cccc(NC(=O)C2CC(=O)c3ccccc3C2)c1. The van der Waals surface area contributed by atoms with Gasteiger partial charge in [0, 0.05) is 23.6 Å². The van der Waals surface area contributed by atoms with Crippen molar-refractivity contribution in [2.75, 3.05) is 12.4 Å². The van der Waals surface area contributed by atoms with Gasteiger partial charge in [-0.15, -0.1) is 0 Å². The van der Waals surface area contributed by atoms with Crippen LogP contribution in [-0.4, -0.2) is 24.8 Å². The Bertz CT molecular complexity index is 813. The number of methoxy groups -OCH3 is 1. The van der Waals surface area contributed by atoms with Gasteiger partial charge in [0.05, 0.1) is 12.7 Å². The van der Waals surface area contributed by atoms with Gasteiger partial charge in [-0.1, -0.05) is 30.3 Å². The molecule has 0 radical (unpaired) electrons. The second kappa shape index (κ2) is 6.66. The molecule has 1 aliphatic rings. The summed E-state index contributed by atoms with van der Waals surface area (Å²) in [5.41, 5.74) is 2.47. The molecule has 0 aliphatic heterocycles. The maximum atomic E-state index is 12.5. The van der Waals surface area contributed by atoms with E-state index in [1.807, 2.05) is 18.2 Å². The number of carbonyl (C=O) groups is 3. The summed E-state index contributed by atoms with van der Waals surface area (Å²) in [4.78, 5) is 36.2. The average Bonchev–Trinajstić information content (AvgIpc) is 2.61. The van der Waals surface area contributed by atoms with Crippen LogP contribution in [0.1, 0.15) is 32.7 Å². The fourth-order valence-electron chi connectivity index (χ4n) is 2.91. The third kappa shape index (κ3) is 3.20. The number of hydrogen-bond acceptors (Lipinski definition) is 4. The number of ketones is 1. The lowest BCUT2D eigenvalue weighted by molar-refractivity contribution is -0.119. The van der Waals surface area contributed by atoms with E-state index >= 15 is 0 Å². The third-order valence-electron chi connectivity index (χ3n) is 4.14. The number of esters is 1. The van der Waals surface area contributed by atoms with E-state index in [0.717, 1.165) is 5.56 Å². The molecule has 0 saturated carbocycles. The first-order valence-corrected chi connectivity index (χ1v) is 7.69. The fraction of sp³-hybridized carbons (Fsp3) is 0.211. The summed E-state index contributed by atoms with van der Waals surface area (Å²) >= 11 is 0. The van der Waals surface area contributed by atoms with Gasteiger partial charge in [0.2, 0.25) is 5.91 Å². The minimum atomic E-state index is -0.465. The van der Waals surface area contributed by atoms with E-state index in [1.165, 1.54) is 7.11 Å². The molecule has 0 saturated heterocycles. The molecule has 1 amide bonds. The molecule has 0 bridgehead atoms. The van der Waals surface area contributed by atoms with Crippen molar-refractivity contribution in [1.29, 1.82) is 0 Å². The van der Waals surface area contributed by atoms with Crippen LogP contribution in [-0.2, 0) is 16.0 Å². The van der Waals surface area contributed by atoms with Gasteiger partial charge >= 0.3 is 5.97 Å². The van der Waals surface area contributed by atoms with Gasteiger partial charge in [-0.05, 0) is 30.2 Å². The van der Waals surface area contributed by atoms with Crippen LogP contribution in [0.4, 0.5) is 5.69 Å². The van der Waals surface area contributed by atoms with Gasteiger partial charge in [0.1, 0.15) is 0 Å². The van der Waals surface area contributed by atoms with Crippen LogP contribution in [0, 0.1) is 5.92 Å². The number of fused-ring (bicyclic) bond motifs is 1. The summed E-state index contributed by atoms with van der Waals surface area (Å²) in [6.07, 6.45) is 0.726. The fourth-order valence-corrected chi connectivity index (χ4v) is 2.91. The normalized spacial score (nSPS) is 16.2. The monoisotopic (exact) mass is 323 g/mol. The van der Waals surface area contributed by atoms with Crippen molar-refractivity contribution < 1.29 is 19.1 Å². The number of anilines is 1. The molecule has 0 heterocycles. The predicted molar refractivity (Wildman–Crippen MR) is 89.0 cm³/mol. The molecule has 24 heavy (non-hydrogen) atoms. The minimum Gasteiger partial charge on any atom is -0.465 e. The molecule has 5 nitrogen and oxygen atoms in total. The van der Waals surface area contributed by atoms with E-state index in [0.29, 0.717) is 23.2 Å². The summed E-state index contributed by atoms with van der Waals surface area (Å²) in [6, 6.07) is 13.9. The smallest absolute Gasteiger partial charge is 0.337 e. The molecule has 1 N–H and O–H groups in total. The molecular formula is C19H17NO4. The van der Waals surface area contributed by atoms with Crippen LogP contribution in [0.25, 0.3) is 0 Å². The van der Waals surface area contributed by atoms with Gasteiger partial charge in [-0.3, -0.25) is 9.59 Å². The highest BCUT2D eigenvalue weighted by Crippen LogP contribution is 2.26. The first kappa shape index (κ1) is 15.9. The van der Waals surface area contributed by atoms with Crippen LogP contribution in [0.15, 0.2) is 48.5 Å². The quantitative estimate of drug-likeness (QED) is 0.882. The van der Waals surface area contributed by atoms with Crippen molar-refractivity contribution in [2.24, 2.45) is 5.92 Å². The van der Waals surface area contributed by atoms with Crippen molar-refractivity contribution in [3.05, 3.63) is 65.2 Å². The Morgan fingerprint density at radius 1 is 1.08 bits per heavy atom. The number of Topliss-reactive ketones (excluding diaryl/α,β-unsaturated/α-hetero) is 1. The predicted octanol–water partition coefficient (Wildman–Crippen LogP) is 2.86. The molecule has 0 spiro atoms. The summed E-state index contributed by atoms with van der Waals surface area (Å²) in [5, 5.41) is 2.78. The second-order valence-corrected chi connectivity index (χ2v) is 5.75. The molecule has 2 aromatic rings. The maximum absolute atomic E-state index is 12.5. The van der Waals surface area contributed by atoms with E-state index < -0.39 is 11.9 Å². The number of benzene rings is 2. The zero-order valence-electron chi connectivity index (χ0n) is 13.2. The number of rotatable bonds is 3. The summed E-state index contributed by atoms with van der Waals surface area (Å²) in [5.74, 6) is -1.11. The molecule has 0 aromatic heterocycles. The Morgan fingerprint density at radius 2 is 1.88 bits per heavy atom. The number of nitrogens with one attached hydrogen (secondary N) is 1. The molecule has 2 aromatic carbocycles. The standard InChI is InChI=1S/C19H17NO4/c1-24-19(23)13-6-4-7-15(10-13)20-18(22)14-9-12-5-2-3-8-16(12)17(21)11-14/h2-8,10,14H,9,11H2,1H3,(H,20,22). The highest BCUT2D eigenvalue weighted by atomic mass is 16.5. The molecule has 0 fully saturated rings. The Balaban J connectivity index is 1.75. The van der Waals surface area contributed by atoms with Crippen molar-refractivity contribution in [2.45, 2.75) is 12.8 Å². The Morgan fingerprint density at radius 3 is 2.67 bits per heavy atom. The summed E-state index contributed by atoms with van der Waals surface area (Å²) in [7, 11) is 1.30. The lowest BCUT2D eigenvalue weighted by atomic mass is 9.82. The second-order valence-electron chi connectivity index (χ2n) is 5.75. The topological polar surface area (TPSA) is 72.5 Å². The van der Waals surface area contributed by atoms with Crippen molar-refractivity contribution in [3.8, 4) is 0 Å². The van der Waals surface area contributed by atoms with Crippen LogP contribution in [0.5, 0.6) is 0 Å². The lowest BCUT2D eigenvalue weighted by Gasteiger charge is -2.22. The molecule has 5 heteroatoms. The summed E-state index contributed by atoms with van der Waals surface area (Å²) < 4.78 is 4.67. The number of carbonyl (C=O) groups excluding carboxylic acids is 3. The summed E-state index contributed by atoms with van der Waals surface area (Å²) in [6.45, 7) is 0. The number of amides is 1. The van der Waals surface area contributed by atoms with Crippen molar-refractivity contribution in [3.63, 3.8) is 0 Å². The van der Waals surface area contributed by atoms with Crippen LogP contribution in [0.2, 0.25) is 0 Å². The third-order valence-corrected chi connectivity index (χ3v) is 4.14. The number of ether oxygens (including phenoxy) is 1. The zero-order chi connectivity index (χ0) is 17.1. The molecule has 1 aliphatic carbocycles. The van der Waals surface area contributed by atoms with Crippen molar-refractivity contribution >= 4 is 23.3 Å². The van der Waals surface area contributed by atoms with E-state index in [-0.39, 0.29) is 18.1 Å². The Kier molecular flexibility index (Phi) is 4.42. The van der Waals surface area contributed by atoms with Gasteiger partial charge in [-0.25, -0.2) is 4.79 Å². The van der Waals surface area contributed by atoms with Gasteiger partial charge < -0.3 is 10.1 Å². The molecule has 1 unspecified atom stereocenters. The van der Waals surface area contributed by atoms with E-state index in [2.05, 4.69) is 10.1 Å². The highest BCUT2D eigenvalue weighted by Gasteiger charge is 2.29. The lowest BCUT2D eigenvalue weighted by Crippen LogP contribution is -2.31. The van der Waals surface area contributed by atoms with Gasteiger partial charge in [-0.2, -0.15) is 0 Å². The van der Waals surface area contributed by atoms with E-state index in [9.17, 15) is 14.4 Å². The number of hydrogen-bond donors (Lipinski definition) is 1. The largest absolute Gasteiger partial charge is 0.465 e. The first-order chi connectivity index (χ1) is 11.6. The first-order valence-electron chi connectivity index (χ1n) is 7.69. The maximum Gasteiger partial charge on any atom is 0.337 e. The molecule has 122 valence electrons. The Labute approximate surface area is 139 Å². The minimum absolute atomic E-state index is 0.0136. The average molecular weight is 323 g/mol. The van der Waals surface area contributed by atoms with Crippen LogP contribution >= 0.6 is 0 Å². The highest BCUT2D eigenvalue weighted by molar-refractivity contribution is 6.04. The van der Waals surface area contributed by atoms with E-state index in [4.69, 9.17) is 0 Å². The molecule has 1 atom stereocenters. The van der Waals surface area contributed by atoms with E-state index in [1.54, 1.807) is 30.3 Å².